The van der Waals surface area contributed by atoms with Gasteiger partial charge in [-0.3, -0.25) is 14.5 Å². The summed E-state index contributed by atoms with van der Waals surface area (Å²) in [5.41, 5.74) is 2.24. The van der Waals surface area contributed by atoms with Gasteiger partial charge in [-0.1, -0.05) is 71.2 Å². The summed E-state index contributed by atoms with van der Waals surface area (Å²) in [5, 5.41) is 4.65. The van der Waals surface area contributed by atoms with Crippen molar-refractivity contribution in [2.75, 3.05) is 18.4 Å². The van der Waals surface area contributed by atoms with Crippen LogP contribution in [0.2, 0.25) is 15.1 Å². The maximum absolute atomic E-state index is 13.2. The highest BCUT2D eigenvalue weighted by atomic mass is 35.5. The molecule has 1 aliphatic rings. The van der Waals surface area contributed by atoms with Crippen LogP contribution in [0.25, 0.3) is 0 Å². The summed E-state index contributed by atoms with van der Waals surface area (Å²) in [5.74, 6) is -0.517. The molecule has 1 amide bonds. The molecular weight excluding hydrogens is 479 g/mol. The molecule has 1 fully saturated rings. The second kappa shape index (κ2) is 10.7. The normalized spacial score (nSPS) is 16.4. The topological polar surface area (TPSA) is 49.4 Å². The minimum Gasteiger partial charge on any atom is -0.325 e. The zero-order valence-corrected chi connectivity index (χ0v) is 20.1. The first-order valence-corrected chi connectivity index (χ1v) is 11.9. The van der Waals surface area contributed by atoms with Gasteiger partial charge in [0, 0.05) is 44.8 Å². The molecule has 0 aromatic heterocycles. The number of likely N-dealkylation sites (tertiary alicyclic amines) is 1. The molecule has 4 nitrogen and oxygen atoms in total. The number of anilines is 1. The molecule has 1 saturated heterocycles. The molecule has 0 radical (unpaired) electrons. The van der Waals surface area contributed by atoms with Crippen molar-refractivity contribution in [3.05, 3.63) is 98.5 Å². The lowest BCUT2D eigenvalue weighted by Gasteiger charge is -2.32. The fraction of sp³-hybridized carbons (Fsp3) is 0.231. The number of nitrogens with zero attached hydrogens (tertiary/aromatic N) is 1. The predicted octanol–water partition coefficient (Wildman–Crippen LogP) is 6.73. The van der Waals surface area contributed by atoms with E-state index in [1.54, 1.807) is 42.5 Å². The first kappa shape index (κ1) is 23.8. The molecule has 3 aromatic carbocycles. The number of nitrogens with one attached hydrogen (secondary N) is 1. The Balaban J connectivity index is 1.49. The molecule has 33 heavy (non-hydrogen) atoms. The molecule has 0 spiro atoms. The van der Waals surface area contributed by atoms with Gasteiger partial charge in [-0.25, -0.2) is 0 Å². The van der Waals surface area contributed by atoms with Gasteiger partial charge in [0.05, 0.1) is 11.6 Å². The van der Waals surface area contributed by atoms with Crippen molar-refractivity contribution in [1.82, 2.24) is 4.90 Å². The van der Waals surface area contributed by atoms with Gasteiger partial charge in [-0.2, -0.15) is 0 Å². The quantitative estimate of drug-likeness (QED) is 0.381. The molecule has 1 atom stereocenters. The van der Waals surface area contributed by atoms with Crippen LogP contribution in [0.15, 0.2) is 66.7 Å². The van der Waals surface area contributed by atoms with Crippen LogP contribution in [0.3, 0.4) is 0 Å². The minimum atomic E-state index is -0.213. The van der Waals surface area contributed by atoms with Gasteiger partial charge >= 0.3 is 0 Å². The molecule has 1 heterocycles. The van der Waals surface area contributed by atoms with E-state index in [1.807, 2.05) is 24.3 Å². The van der Waals surface area contributed by atoms with E-state index < -0.39 is 0 Å². The van der Waals surface area contributed by atoms with Gasteiger partial charge in [0.15, 0.2) is 5.78 Å². The Hall–Kier alpha value is -2.37. The number of ketones is 1. The van der Waals surface area contributed by atoms with E-state index in [2.05, 4.69) is 10.2 Å². The molecular formula is C26H23Cl3N2O2. The Bertz CT molecular complexity index is 1150. The summed E-state index contributed by atoms with van der Waals surface area (Å²) in [4.78, 5) is 28.4. The fourth-order valence-electron chi connectivity index (χ4n) is 4.11. The highest BCUT2D eigenvalue weighted by Crippen LogP contribution is 2.29. The van der Waals surface area contributed by atoms with Crippen LogP contribution in [0, 0.1) is 5.92 Å². The Morgan fingerprint density at radius 2 is 1.67 bits per heavy atom. The molecule has 1 unspecified atom stereocenters. The monoisotopic (exact) mass is 500 g/mol. The Morgan fingerprint density at radius 3 is 2.39 bits per heavy atom. The first-order chi connectivity index (χ1) is 15.9. The van der Waals surface area contributed by atoms with Crippen LogP contribution in [0.5, 0.6) is 0 Å². The van der Waals surface area contributed by atoms with Crippen molar-refractivity contribution >= 4 is 52.2 Å². The van der Waals surface area contributed by atoms with Gasteiger partial charge < -0.3 is 5.32 Å². The number of hydrogen-bond donors (Lipinski definition) is 1. The Morgan fingerprint density at radius 1 is 0.939 bits per heavy atom. The zero-order valence-electron chi connectivity index (χ0n) is 17.9. The maximum Gasteiger partial charge on any atom is 0.228 e. The van der Waals surface area contributed by atoms with Gasteiger partial charge in [-0.05, 0) is 49.7 Å². The molecule has 4 rings (SSSR count). The number of carbonyl (C=O) groups excluding carboxylic acids is 2. The predicted molar refractivity (Wildman–Crippen MR) is 134 cm³/mol. The number of piperidine rings is 1. The van der Waals surface area contributed by atoms with E-state index in [4.69, 9.17) is 34.8 Å². The molecule has 1 N–H and O–H groups in total. The average Bonchev–Trinajstić information content (AvgIpc) is 2.83. The van der Waals surface area contributed by atoms with Gasteiger partial charge in [0.2, 0.25) is 5.91 Å². The number of carbonyl (C=O) groups is 2. The number of halogens is 3. The second-order valence-electron chi connectivity index (χ2n) is 8.15. The van der Waals surface area contributed by atoms with E-state index in [1.165, 1.54) is 0 Å². The van der Waals surface area contributed by atoms with Crippen LogP contribution < -0.4 is 5.32 Å². The summed E-state index contributed by atoms with van der Waals surface area (Å²) in [6.07, 6.45) is 1.66. The standard InChI is InChI=1S/C26H23Cl3N2O2/c27-19-11-12-24(20(14-19)25(32)17-6-2-1-3-7-17)30-26(33)18-8-5-13-31(15-18)16-21-22(28)9-4-10-23(21)29/h1-4,6-7,9-12,14,18H,5,8,13,15-16H2,(H,30,33). The van der Waals surface area contributed by atoms with Gasteiger partial charge in [0.1, 0.15) is 0 Å². The summed E-state index contributed by atoms with van der Waals surface area (Å²) >= 11 is 18.8. The highest BCUT2D eigenvalue weighted by Gasteiger charge is 2.27. The summed E-state index contributed by atoms with van der Waals surface area (Å²) in [6, 6.07) is 19.4. The van der Waals surface area contributed by atoms with Crippen LogP contribution >= 0.6 is 34.8 Å². The summed E-state index contributed by atoms with van der Waals surface area (Å²) in [6.45, 7) is 2.04. The summed E-state index contributed by atoms with van der Waals surface area (Å²) in [7, 11) is 0. The van der Waals surface area contributed by atoms with Gasteiger partial charge in [0.25, 0.3) is 0 Å². The van der Waals surface area contributed by atoms with Crippen molar-refractivity contribution in [3.63, 3.8) is 0 Å². The smallest absolute Gasteiger partial charge is 0.228 e. The molecule has 0 saturated carbocycles. The third kappa shape index (κ3) is 5.77. The van der Waals surface area contributed by atoms with Crippen LogP contribution in [-0.4, -0.2) is 29.7 Å². The van der Waals surface area contributed by atoms with E-state index in [9.17, 15) is 9.59 Å². The average molecular weight is 502 g/mol. The third-order valence-corrected chi connectivity index (χ3v) is 6.78. The van der Waals surface area contributed by atoms with E-state index in [-0.39, 0.29) is 17.6 Å². The zero-order chi connectivity index (χ0) is 23.4. The van der Waals surface area contributed by atoms with Crippen LogP contribution in [0.4, 0.5) is 5.69 Å². The highest BCUT2D eigenvalue weighted by molar-refractivity contribution is 6.36. The molecule has 170 valence electrons. The lowest BCUT2D eigenvalue weighted by molar-refractivity contribution is -0.121. The second-order valence-corrected chi connectivity index (χ2v) is 9.40. The first-order valence-electron chi connectivity index (χ1n) is 10.8. The van der Waals surface area contributed by atoms with E-state index >= 15 is 0 Å². The molecule has 0 aliphatic carbocycles. The van der Waals surface area contributed by atoms with E-state index in [0.717, 1.165) is 24.9 Å². The van der Waals surface area contributed by atoms with Crippen LogP contribution in [0.1, 0.15) is 34.3 Å². The Kier molecular flexibility index (Phi) is 7.71. The third-order valence-electron chi connectivity index (χ3n) is 5.84. The Labute approximate surface area is 208 Å². The summed E-state index contributed by atoms with van der Waals surface area (Å²) < 4.78 is 0. The number of rotatable bonds is 6. The molecule has 3 aromatic rings. The molecule has 0 bridgehead atoms. The number of amides is 1. The van der Waals surface area contributed by atoms with Crippen LogP contribution in [-0.2, 0) is 11.3 Å². The largest absolute Gasteiger partial charge is 0.325 e. The lowest BCUT2D eigenvalue weighted by Crippen LogP contribution is -2.40. The minimum absolute atomic E-state index is 0.116. The van der Waals surface area contributed by atoms with Crippen molar-refractivity contribution < 1.29 is 9.59 Å². The van der Waals surface area contributed by atoms with Crippen molar-refractivity contribution in [2.45, 2.75) is 19.4 Å². The number of benzene rings is 3. The van der Waals surface area contributed by atoms with Crippen molar-refractivity contribution in [1.29, 1.82) is 0 Å². The van der Waals surface area contributed by atoms with Gasteiger partial charge in [-0.15, -0.1) is 0 Å². The molecule has 1 aliphatic heterocycles. The maximum atomic E-state index is 13.2. The van der Waals surface area contributed by atoms with Crippen molar-refractivity contribution in [3.8, 4) is 0 Å². The fourth-order valence-corrected chi connectivity index (χ4v) is 4.80. The van der Waals surface area contributed by atoms with Crippen molar-refractivity contribution in [2.24, 2.45) is 5.92 Å². The number of hydrogen-bond acceptors (Lipinski definition) is 3. The SMILES string of the molecule is O=C(c1ccccc1)c1cc(Cl)ccc1NC(=O)C1CCCN(Cc2c(Cl)cccc2Cl)C1. The molecule has 7 heteroatoms. The van der Waals surface area contributed by atoms with E-state index in [0.29, 0.717) is 45.0 Å². The lowest BCUT2D eigenvalue weighted by atomic mass is 9.96.